The molecule has 2 aromatic rings. The minimum absolute atomic E-state index is 0.123. The fourth-order valence-corrected chi connectivity index (χ4v) is 3.39. The number of thiophene rings is 1. The number of ether oxygens (including phenoxy) is 1. The summed E-state index contributed by atoms with van der Waals surface area (Å²) in [5.41, 5.74) is 1.68. The van der Waals surface area contributed by atoms with Gasteiger partial charge >= 0.3 is 0 Å². The molecule has 0 aliphatic carbocycles. The molecular weight excluding hydrogens is 315 g/mol. The van der Waals surface area contributed by atoms with Crippen LogP contribution in [0, 0.1) is 5.82 Å². The monoisotopic (exact) mass is 334 g/mol. The predicted octanol–water partition coefficient (Wildman–Crippen LogP) is 2.85. The summed E-state index contributed by atoms with van der Waals surface area (Å²) in [7, 11) is 1.41. The summed E-state index contributed by atoms with van der Waals surface area (Å²) in [6.07, 6.45) is 0. The van der Waals surface area contributed by atoms with Gasteiger partial charge in [0.05, 0.1) is 7.11 Å². The summed E-state index contributed by atoms with van der Waals surface area (Å²) in [5.74, 6) is -0.474. The van der Waals surface area contributed by atoms with E-state index >= 15 is 0 Å². The van der Waals surface area contributed by atoms with Crippen molar-refractivity contribution in [2.24, 2.45) is 0 Å². The number of hydrogen-bond acceptors (Lipinski definition) is 4. The summed E-state index contributed by atoms with van der Waals surface area (Å²) in [6.45, 7) is 3.91. The zero-order chi connectivity index (χ0) is 16.2. The van der Waals surface area contributed by atoms with Crippen molar-refractivity contribution in [1.82, 2.24) is 9.80 Å². The molecule has 0 unspecified atom stereocenters. The highest BCUT2D eigenvalue weighted by molar-refractivity contribution is 7.07. The minimum Gasteiger partial charge on any atom is -0.494 e. The van der Waals surface area contributed by atoms with E-state index in [4.69, 9.17) is 4.74 Å². The van der Waals surface area contributed by atoms with Gasteiger partial charge in [-0.3, -0.25) is 9.69 Å². The van der Waals surface area contributed by atoms with Crippen molar-refractivity contribution in [2.45, 2.75) is 6.54 Å². The second-order valence-electron chi connectivity index (χ2n) is 5.55. The standard InChI is InChI=1S/C17H19FN2O2S/c1-22-16-3-2-14(10-15(16)18)17(21)20-7-5-19(6-8-20)11-13-4-9-23-12-13/h2-4,9-10,12H,5-8,11H2,1H3. The molecule has 0 radical (unpaired) electrons. The van der Waals surface area contributed by atoms with Crippen molar-refractivity contribution in [3.63, 3.8) is 0 Å². The lowest BCUT2D eigenvalue weighted by Crippen LogP contribution is -2.48. The van der Waals surface area contributed by atoms with Crippen LogP contribution in [0.1, 0.15) is 15.9 Å². The molecule has 1 aliphatic rings. The average Bonchev–Trinajstić information content (AvgIpc) is 3.08. The van der Waals surface area contributed by atoms with Crippen LogP contribution in [0.4, 0.5) is 4.39 Å². The number of benzene rings is 1. The highest BCUT2D eigenvalue weighted by atomic mass is 32.1. The van der Waals surface area contributed by atoms with Crippen molar-refractivity contribution in [2.75, 3.05) is 33.3 Å². The van der Waals surface area contributed by atoms with E-state index in [-0.39, 0.29) is 11.7 Å². The van der Waals surface area contributed by atoms with E-state index in [2.05, 4.69) is 21.7 Å². The number of nitrogens with zero attached hydrogens (tertiary/aromatic N) is 2. The third-order valence-corrected chi connectivity index (χ3v) is 4.78. The molecule has 6 heteroatoms. The van der Waals surface area contributed by atoms with Crippen molar-refractivity contribution in [1.29, 1.82) is 0 Å². The quantitative estimate of drug-likeness (QED) is 0.862. The molecule has 1 saturated heterocycles. The topological polar surface area (TPSA) is 32.8 Å². The maximum absolute atomic E-state index is 13.7. The number of amides is 1. The molecule has 4 nitrogen and oxygen atoms in total. The van der Waals surface area contributed by atoms with E-state index in [1.165, 1.54) is 24.8 Å². The number of rotatable bonds is 4. The largest absolute Gasteiger partial charge is 0.494 e. The van der Waals surface area contributed by atoms with E-state index in [9.17, 15) is 9.18 Å². The Bertz CT molecular complexity index is 667. The van der Waals surface area contributed by atoms with Gasteiger partial charge in [0.25, 0.3) is 5.91 Å². The third-order valence-electron chi connectivity index (χ3n) is 4.04. The molecule has 1 fully saturated rings. The van der Waals surface area contributed by atoms with E-state index in [1.807, 2.05) is 0 Å². The third kappa shape index (κ3) is 3.71. The van der Waals surface area contributed by atoms with Crippen LogP contribution < -0.4 is 4.74 Å². The Kier molecular flexibility index (Phi) is 4.93. The van der Waals surface area contributed by atoms with Crippen molar-refractivity contribution < 1.29 is 13.9 Å². The predicted molar refractivity (Wildman–Crippen MR) is 88.5 cm³/mol. The van der Waals surface area contributed by atoms with Gasteiger partial charge in [0.2, 0.25) is 0 Å². The molecule has 3 rings (SSSR count). The molecule has 2 heterocycles. The first-order chi connectivity index (χ1) is 11.2. The van der Waals surface area contributed by atoms with E-state index in [0.717, 1.165) is 19.6 Å². The normalized spacial score (nSPS) is 15.7. The summed E-state index contributed by atoms with van der Waals surface area (Å²) >= 11 is 1.70. The number of methoxy groups -OCH3 is 1. The van der Waals surface area contributed by atoms with Gasteiger partial charge in [-0.2, -0.15) is 11.3 Å². The van der Waals surface area contributed by atoms with E-state index < -0.39 is 5.82 Å². The number of piperazine rings is 1. The lowest BCUT2D eigenvalue weighted by Gasteiger charge is -2.34. The van der Waals surface area contributed by atoms with Crippen molar-refractivity contribution in [3.05, 3.63) is 52.0 Å². The van der Waals surface area contributed by atoms with Crippen LogP contribution in [-0.4, -0.2) is 49.0 Å². The maximum Gasteiger partial charge on any atom is 0.254 e. The van der Waals surface area contributed by atoms with Crippen LogP contribution in [0.25, 0.3) is 0 Å². The average molecular weight is 334 g/mol. The smallest absolute Gasteiger partial charge is 0.254 e. The van der Waals surface area contributed by atoms with Gasteiger partial charge in [0.1, 0.15) is 0 Å². The Hall–Kier alpha value is -1.92. The fraction of sp³-hybridized carbons (Fsp3) is 0.353. The first-order valence-corrected chi connectivity index (χ1v) is 8.48. The molecule has 0 N–H and O–H groups in total. The van der Waals surface area contributed by atoms with E-state index in [0.29, 0.717) is 18.7 Å². The molecule has 1 aliphatic heterocycles. The van der Waals surface area contributed by atoms with Crippen LogP contribution in [0.2, 0.25) is 0 Å². The number of carbonyl (C=O) groups is 1. The summed E-state index contributed by atoms with van der Waals surface area (Å²) in [5, 5.41) is 4.23. The molecule has 1 aromatic carbocycles. The first kappa shape index (κ1) is 16.0. The lowest BCUT2D eigenvalue weighted by molar-refractivity contribution is 0.0628. The Labute approximate surface area is 139 Å². The van der Waals surface area contributed by atoms with Crippen LogP contribution in [-0.2, 0) is 6.54 Å². The van der Waals surface area contributed by atoms with Crippen molar-refractivity contribution >= 4 is 17.2 Å². The van der Waals surface area contributed by atoms with Gasteiger partial charge in [-0.1, -0.05) is 0 Å². The minimum atomic E-state index is -0.505. The zero-order valence-electron chi connectivity index (χ0n) is 13.0. The van der Waals surface area contributed by atoms with Crippen LogP contribution in [0.15, 0.2) is 35.0 Å². The first-order valence-electron chi connectivity index (χ1n) is 7.53. The summed E-state index contributed by atoms with van der Waals surface area (Å²) < 4.78 is 18.6. The maximum atomic E-state index is 13.7. The van der Waals surface area contributed by atoms with Gasteiger partial charge in [-0.15, -0.1) is 0 Å². The number of carbonyl (C=O) groups excluding carboxylic acids is 1. The molecular formula is C17H19FN2O2S. The fourth-order valence-electron chi connectivity index (χ4n) is 2.73. The highest BCUT2D eigenvalue weighted by Crippen LogP contribution is 2.19. The molecule has 122 valence electrons. The number of halogens is 1. The SMILES string of the molecule is COc1ccc(C(=O)N2CCN(Cc3ccsc3)CC2)cc1F. The van der Waals surface area contributed by atoms with Gasteiger partial charge in [-0.25, -0.2) is 4.39 Å². The van der Waals surface area contributed by atoms with Crippen LogP contribution in [0.3, 0.4) is 0 Å². The Balaban J connectivity index is 1.58. The van der Waals surface area contributed by atoms with Gasteiger partial charge in [0, 0.05) is 38.3 Å². The molecule has 0 spiro atoms. The van der Waals surface area contributed by atoms with Gasteiger partial charge in [0.15, 0.2) is 11.6 Å². The van der Waals surface area contributed by atoms with Crippen molar-refractivity contribution in [3.8, 4) is 5.75 Å². The molecule has 23 heavy (non-hydrogen) atoms. The zero-order valence-corrected chi connectivity index (χ0v) is 13.8. The molecule has 1 aromatic heterocycles. The second kappa shape index (κ2) is 7.10. The Morgan fingerprint density at radius 3 is 2.65 bits per heavy atom. The van der Waals surface area contributed by atoms with Crippen LogP contribution >= 0.6 is 11.3 Å². The second-order valence-corrected chi connectivity index (χ2v) is 6.33. The molecule has 0 bridgehead atoms. The highest BCUT2D eigenvalue weighted by Gasteiger charge is 2.23. The van der Waals surface area contributed by atoms with Gasteiger partial charge in [-0.05, 0) is 40.6 Å². The Morgan fingerprint density at radius 1 is 1.26 bits per heavy atom. The summed E-state index contributed by atoms with van der Waals surface area (Å²) in [4.78, 5) is 16.6. The lowest BCUT2D eigenvalue weighted by atomic mass is 10.1. The Morgan fingerprint density at radius 2 is 2.04 bits per heavy atom. The molecule has 1 amide bonds. The summed E-state index contributed by atoms with van der Waals surface area (Å²) in [6, 6.07) is 6.48. The number of hydrogen-bond donors (Lipinski definition) is 0. The molecule has 0 atom stereocenters. The van der Waals surface area contributed by atoms with E-state index in [1.54, 1.807) is 22.3 Å². The van der Waals surface area contributed by atoms with Crippen LogP contribution in [0.5, 0.6) is 5.75 Å². The molecule has 0 saturated carbocycles. The van der Waals surface area contributed by atoms with Gasteiger partial charge < -0.3 is 9.64 Å².